The van der Waals surface area contributed by atoms with Crippen molar-refractivity contribution >= 4 is 17.3 Å². The van der Waals surface area contributed by atoms with E-state index in [0.717, 1.165) is 12.5 Å². The number of pyridine rings is 1. The minimum Gasteiger partial charge on any atom is -0.373 e. The maximum Gasteiger partial charge on any atom is 0.276 e. The number of nitrogens with one attached hydrogen (secondary N) is 2. The molecule has 102 valence electrons. The van der Waals surface area contributed by atoms with E-state index in [2.05, 4.69) is 15.6 Å². The maximum atomic E-state index is 10.9. The van der Waals surface area contributed by atoms with Crippen LogP contribution in [0.4, 0.5) is 17.3 Å². The van der Waals surface area contributed by atoms with Gasteiger partial charge in [-0.2, -0.15) is 0 Å². The van der Waals surface area contributed by atoms with Crippen LogP contribution >= 0.6 is 0 Å². The molecule has 0 atom stereocenters. The zero-order chi connectivity index (χ0) is 13.5. The lowest BCUT2D eigenvalue weighted by Gasteiger charge is -2.15. The fourth-order valence-electron chi connectivity index (χ4n) is 2.69. The molecule has 2 fully saturated rings. The molecule has 0 unspecified atom stereocenters. The normalized spacial score (nSPS) is 19.8. The molecule has 0 radical (unpaired) electrons. The quantitative estimate of drug-likeness (QED) is 0.608. The summed E-state index contributed by atoms with van der Waals surface area (Å²) in [6.07, 6.45) is 5.23. The van der Waals surface area contributed by atoms with E-state index >= 15 is 0 Å². The Morgan fingerprint density at radius 3 is 2.63 bits per heavy atom. The lowest BCUT2D eigenvalue weighted by atomic mass is 10.0. The molecule has 0 amide bonds. The molecule has 19 heavy (non-hydrogen) atoms. The predicted octanol–water partition coefficient (Wildman–Crippen LogP) is 2.63. The average Bonchev–Trinajstić information content (AvgIpc) is 3.28. The summed E-state index contributed by atoms with van der Waals surface area (Å²) in [5.74, 6) is 1.97. The first-order chi connectivity index (χ1) is 9.13. The van der Waals surface area contributed by atoms with Crippen LogP contribution < -0.4 is 10.6 Å². The highest BCUT2D eigenvalue weighted by molar-refractivity contribution is 5.54. The van der Waals surface area contributed by atoms with Gasteiger partial charge in [-0.05, 0) is 37.0 Å². The summed E-state index contributed by atoms with van der Waals surface area (Å²) in [6.45, 7) is 0.884. The van der Waals surface area contributed by atoms with Gasteiger partial charge in [0.1, 0.15) is 11.6 Å². The molecule has 0 aromatic carbocycles. The van der Waals surface area contributed by atoms with Crippen molar-refractivity contribution in [2.75, 3.05) is 24.2 Å². The summed E-state index contributed by atoms with van der Waals surface area (Å²) >= 11 is 0. The van der Waals surface area contributed by atoms with Crippen molar-refractivity contribution in [2.24, 2.45) is 11.3 Å². The molecule has 0 spiro atoms. The molecule has 1 heterocycles. The molecule has 1 aromatic rings. The van der Waals surface area contributed by atoms with Gasteiger partial charge in [0, 0.05) is 13.6 Å². The minimum absolute atomic E-state index is 0.0677. The molecule has 2 N–H and O–H groups in total. The summed E-state index contributed by atoms with van der Waals surface area (Å²) in [4.78, 5) is 14.8. The van der Waals surface area contributed by atoms with Crippen LogP contribution in [0.1, 0.15) is 25.7 Å². The van der Waals surface area contributed by atoms with Gasteiger partial charge < -0.3 is 10.6 Å². The Morgan fingerprint density at radius 1 is 1.42 bits per heavy atom. The van der Waals surface area contributed by atoms with Crippen LogP contribution in [-0.2, 0) is 0 Å². The standard InChI is InChI=1S/C13H18N4O2/c1-14-11-6-10(17(18)19)7-12(16-11)15-8-13(4-5-13)9-2-3-9/h6-7,9H,2-5,8H2,1H3,(H2,14,15,16). The largest absolute Gasteiger partial charge is 0.373 e. The molecule has 2 saturated carbocycles. The zero-order valence-electron chi connectivity index (χ0n) is 11.0. The fourth-order valence-corrected chi connectivity index (χ4v) is 2.69. The summed E-state index contributed by atoms with van der Waals surface area (Å²) in [5, 5.41) is 17.0. The lowest BCUT2D eigenvalue weighted by Crippen LogP contribution is -2.18. The average molecular weight is 262 g/mol. The Bertz CT molecular complexity index is 509. The molecule has 0 saturated heterocycles. The fraction of sp³-hybridized carbons (Fsp3) is 0.615. The van der Waals surface area contributed by atoms with Gasteiger partial charge >= 0.3 is 0 Å². The Morgan fingerprint density at radius 2 is 2.11 bits per heavy atom. The van der Waals surface area contributed by atoms with Crippen molar-refractivity contribution < 1.29 is 4.92 Å². The van der Waals surface area contributed by atoms with Gasteiger partial charge in [0.2, 0.25) is 0 Å². The number of nitro groups is 1. The maximum absolute atomic E-state index is 10.9. The van der Waals surface area contributed by atoms with E-state index in [0.29, 0.717) is 17.1 Å². The van der Waals surface area contributed by atoms with E-state index in [4.69, 9.17) is 0 Å². The summed E-state index contributed by atoms with van der Waals surface area (Å²) in [7, 11) is 1.71. The summed E-state index contributed by atoms with van der Waals surface area (Å²) < 4.78 is 0. The van der Waals surface area contributed by atoms with E-state index in [9.17, 15) is 10.1 Å². The number of rotatable bonds is 6. The first kappa shape index (κ1) is 12.2. The molecule has 2 aliphatic rings. The monoisotopic (exact) mass is 262 g/mol. The van der Waals surface area contributed by atoms with Crippen LogP contribution in [0.2, 0.25) is 0 Å². The molecule has 6 nitrogen and oxygen atoms in total. The van der Waals surface area contributed by atoms with Crippen LogP contribution in [0.3, 0.4) is 0 Å². The van der Waals surface area contributed by atoms with Gasteiger partial charge in [0.15, 0.2) is 0 Å². The van der Waals surface area contributed by atoms with Gasteiger partial charge in [0.25, 0.3) is 5.69 Å². The van der Waals surface area contributed by atoms with Gasteiger partial charge in [-0.3, -0.25) is 10.1 Å². The van der Waals surface area contributed by atoms with Crippen LogP contribution in [0.5, 0.6) is 0 Å². The van der Waals surface area contributed by atoms with Crippen molar-refractivity contribution in [2.45, 2.75) is 25.7 Å². The highest BCUT2D eigenvalue weighted by Gasteiger charge is 2.53. The van der Waals surface area contributed by atoms with Crippen molar-refractivity contribution in [3.8, 4) is 0 Å². The highest BCUT2D eigenvalue weighted by atomic mass is 16.6. The van der Waals surface area contributed by atoms with Gasteiger partial charge in [-0.25, -0.2) is 4.98 Å². The van der Waals surface area contributed by atoms with E-state index in [1.54, 1.807) is 7.05 Å². The molecular weight excluding hydrogens is 244 g/mol. The number of nitrogens with zero attached hydrogens (tertiary/aromatic N) is 2. The third-order valence-electron chi connectivity index (χ3n) is 4.23. The number of hydrogen-bond donors (Lipinski definition) is 2. The van der Waals surface area contributed by atoms with Gasteiger partial charge in [-0.1, -0.05) is 0 Å². The number of aromatic nitrogens is 1. The third kappa shape index (κ3) is 2.47. The predicted molar refractivity (Wildman–Crippen MR) is 73.3 cm³/mol. The first-order valence-electron chi connectivity index (χ1n) is 6.71. The van der Waals surface area contributed by atoms with Crippen molar-refractivity contribution in [3.05, 3.63) is 22.2 Å². The lowest BCUT2D eigenvalue weighted by molar-refractivity contribution is -0.384. The Balaban J connectivity index is 1.72. The highest BCUT2D eigenvalue weighted by Crippen LogP contribution is 2.61. The molecule has 0 bridgehead atoms. The first-order valence-corrected chi connectivity index (χ1v) is 6.71. The van der Waals surface area contributed by atoms with E-state index in [1.807, 2.05) is 0 Å². The number of hydrogen-bond acceptors (Lipinski definition) is 5. The Labute approximate surface area is 111 Å². The molecule has 1 aromatic heterocycles. The second kappa shape index (κ2) is 4.36. The molecule has 6 heteroatoms. The van der Waals surface area contributed by atoms with E-state index in [1.165, 1.54) is 37.8 Å². The SMILES string of the molecule is CNc1cc([N+](=O)[O-])cc(NCC2(C3CC3)CC2)n1. The van der Waals surface area contributed by atoms with Crippen LogP contribution in [0.15, 0.2) is 12.1 Å². The molecule has 3 rings (SSSR count). The van der Waals surface area contributed by atoms with Gasteiger partial charge in [-0.15, -0.1) is 0 Å². The molecule has 0 aliphatic heterocycles. The second-order valence-corrected chi connectivity index (χ2v) is 5.59. The molecular formula is C13H18N4O2. The Hall–Kier alpha value is -1.85. The van der Waals surface area contributed by atoms with Gasteiger partial charge in [0.05, 0.1) is 17.1 Å². The van der Waals surface area contributed by atoms with Crippen molar-refractivity contribution in [1.82, 2.24) is 4.98 Å². The summed E-state index contributed by atoms with van der Waals surface area (Å²) in [5.41, 5.74) is 0.518. The van der Waals surface area contributed by atoms with Crippen molar-refractivity contribution in [1.29, 1.82) is 0 Å². The van der Waals surface area contributed by atoms with Crippen molar-refractivity contribution in [3.63, 3.8) is 0 Å². The van der Waals surface area contributed by atoms with Crippen LogP contribution in [0.25, 0.3) is 0 Å². The zero-order valence-corrected chi connectivity index (χ0v) is 11.0. The van der Waals surface area contributed by atoms with E-state index < -0.39 is 0 Å². The molecule has 2 aliphatic carbocycles. The number of anilines is 2. The topological polar surface area (TPSA) is 80.1 Å². The Kier molecular flexibility index (Phi) is 2.80. The van der Waals surface area contributed by atoms with Crippen LogP contribution in [-0.4, -0.2) is 23.5 Å². The smallest absolute Gasteiger partial charge is 0.276 e. The van der Waals surface area contributed by atoms with Crippen LogP contribution in [0, 0.1) is 21.4 Å². The third-order valence-corrected chi connectivity index (χ3v) is 4.23. The second-order valence-electron chi connectivity index (χ2n) is 5.59. The van der Waals surface area contributed by atoms with E-state index in [-0.39, 0.29) is 10.6 Å². The summed E-state index contributed by atoms with van der Waals surface area (Å²) in [6, 6.07) is 2.95. The minimum atomic E-state index is -0.387.